The van der Waals surface area contributed by atoms with E-state index in [4.69, 9.17) is 0 Å². The van der Waals surface area contributed by atoms with Crippen LogP contribution in [0.25, 0.3) is 0 Å². The van der Waals surface area contributed by atoms with Crippen LogP contribution in [-0.2, 0) is 0 Å². The van der Waals surface area contributed by atoms with Crippen LogP contribution in [0.3, 0.4) is 0 Å². The van der Waals surface area contributed by atoms with Gasteiger partial charge in [0.25, 0.3) is 0 Å². The fraction of sp³-hybridized carbons (Fsp3) is 0. The molecule has 0 atom stereocenters. The Morgan fingerprint density at radius 3 is 0.0400 bits per heavy atom. The average Bonchev–Trinajstić information content (AvgIpc) is 0. The third-order valence-corrected chi connectivity index (χ3v) is 0. The van der Waals surface area contributed by atoms with Crippen molar-refractivity contribution in [3.05, 3.63) is 0 Å². The predicted octanol–water partition coefficient (Wildman–Crippen LogP) is -99.9. The van der Waals surface area contributed by atoms with Crippen molar-refractivity contribution in [1.82, 2.24) is 0 Å². The van der Waals surface area contributed by atoms with Crippen LogP contribution in [0, 0.1) is 0 Å². The molecule has 0 aliphatic carbocycles. The molecule has 0 amide bonds. The van der Waals surface area contributed by atoms with Gasteiger partial charge in [0.1, 0.15) is 0 Å². The fourth-order valence-corrected chi connectivity index (χ4v) is 0. The van der Waals surface area contributed by atoms with E-state index in [9.17, 15) is 0 Å². The Labute approximate surface area is 986 Å². The van der Waals surface area contributed by atoms with E-state index in [0.29, 0.717) is 0 Å². The molecule has 75 heteroatoms. The van der Waals surface area contributed by atoms with Gasteiger partial charge in [0.2, 0.25) is 0 Å². The smallest absolute Gasteiger partial charge is 0.870 e. The maximum absolute atomic E-state index is 0. The van der Waals surface area contributed by atoms with Crippen molar-refractivity contribution in [3.63, 3.8) is 0 Å². The van der Waals surface area contributed by atoms with Crippen LogP contribution >= 0.6 is 0 Å². The average molecular weight is 1450 g/mol. The van der Waals surface area contributed by atoms with E-state index in [-0.39, 0.29) is 1010 Å². The standard InChI is InChI=1S/25Na.50H2O/h;;;;;;;;;;;;;;;;;;;;;;;;;50*1H2/q25*+1;;;;;;;;;;;;;;;;;;;;;;;;;;;;;;;;;;;;;;;;;;;;;;;;;;/p-25. The van der Waals surface area contributed by atoms with Crippen molar-refractivity contribution in [1.29, 1.82) is 0 Å². The molecule has 0 saturated carbocycles. The van der Waals surface area contributed by atoms with Gasteiger partial charge in [-0.2, -0.15) is 0 Å². The Kier molecular flexibility index (Phi) is 39300. The molecule has 400 valence electrons. The molecular formula is H75Na25O50. The third kappa shape index (κ3) is 1650. The van der Waals surface area contributed by atoms with Gasteiger partial charge in [-0.25, -0.2) is 0 Å². The molecule has 0 aliphatic rings. The van der Waals surface area contributed by atoms with Crippen LogP contribution in [0.5, 0.6) is 0 Å². The van der Waals surface area contributed by atoms with E-state index in [1.165, 1.54) is 0 Å². The number of hydrogen-bond donors (Lipinski definition) is 0. The minimum absolute atomic E-state index is 0. The van der Waals surface area contributed by atoms with Gasteiger partial charge in [-0.1, -0.05) is 0 Å². The summed E-state index contributed by atoms with van der Waals surface area (Å²) in [7, 11) is 0. The van der Waals surface area contributed by atoms with E-state index in [1.54, 1.807) is 0 Å². The van der Waals surface area contributed by atoms with E-state index in [0.717, 1.165) is 0 Å². The first kappa shape index (κ1) is 1740. The Morgan fingerprint density at radius 1 is 0.0400 bits per heavy atom. The van der Waals surface area contributed by atoms with Crippen molar-refractivity contribution < 1.29 is 1010 Å². The van der Waals surface area contributed by atoms with Gasteiger partial charge >= 0.3 is 739 Å². The quantitative estimate of drug-likeness (QED) is 0.203. The van der Waals surface area contributed by atoms with Gasteiger partial charge in [-0.15, -0.1) is 0 Å². The maximum Gasteiger partial charge on any atom is 1.00 e. The van der Waals surface area contributed by atoms with Crippen LogP contribution < -0.4 is 739 Å². The molecule has 0 aromatic heterocycles. The van der Waals surface area contributed by atoms with Crippen LogP contribution in [0.1, 0.15) is 0 Å². The zero-order valence-electron chi connectivity index (χ0n) is 48.7. The molecule has 0 bridgehead atoms. The molecule has 0 aromatic rings. The van der Waals surface area contributed by atoms with Gasteiger partial charge in [-0.05, 0) is 0 Å². The second-order valence-electron chi connectivity index (χ2n) is 0. The van der Waals surface area contributed by atoms with Crippen LogP contribution in [0.4, 0.5) is 0 Å². The first-order valence-corrected chi connectivity index (χ1v) is 0. The molecule has 75 heavy (non-hydrogen) atoms. The maximum atomic E-state index is 0. The minimum atomic E-state index is 0. The van der Waals surface area contributed by atoms with Crippen molar-refractivity contribution in [2.75, 3.05) is 0 Å². The van der Waals surface area contributed by atoms with Crippen molar-refractivity contribution in [2.45, 2.75) is 0 Å². The molecule has 75 N–H and O–H groups in total. The zero-order chi connectivity index (χ0) is 0. The Morgan fingerprint density at radius 2 is 0.0400 bits per heavy atom. The van der Waals surface area contributed by atoms with Crippen LogP contribution in [-0.4, -0.2) is 274 Å². The summed E-state index contributed by atoms with van der Waals surface area (Å²) in [6.07, 6.45) is 0. The second-order valence-corrected chi connectivity index (χ2v) is 0. The summed E-state index contributed by atoms with van der Waals surface area (Å²) in [5.41, 5.74) is 0. The summed E-state index contributed by atoms with van der Waals surface area (Å²) < 4.78 is 0. The molecular weight excluding hydrogens is 1370 g/mol. The third-order valence-electron chi connectivity index (χ3n) is 0. The Balaban J connectivity index is 0. The molecule has 0 unspecified atom stereocenters. The number of hydrogen-bond acceptors (Lipinski definition) is 25. The largest absolute Gasteiger partial charge is 1.00 e. The zero-order valence-corrected chi connectivity index (χ0v) is 98.7. The van der Waals surface area contributed by atoms with E-state index >= 15 is 0 Å². The first-order chi connectivity index (χ1) is 0. The van der Waals surface area contributed by atoms with Crippen LogP contribution in [0.2, 0.25) is 0 Å². The summed E-state index contributed by atoms with van der Waals surface area (Å²) in [5.74, 6) is 0. The van der Waals surface area contributed by atoms with Crippen LogP contribution in [0.15, 0.2) is 0 Å². The van der Waals surface area contributed by atoms with Gasteiger partial charge < -0.3 is 274 Å². The van der Waals surface area contributed by atoms with Crippen molar-refractivity contribution in [3.8, 4) is 0 Å². The summed E-state index contributed by atoms with van der Waals surface area (Å²) in [6, 6.07) is 0. The SMILES string of the molecule is O.O.O.O.O.O.O.O.O.O.O.O.O.O.O.O.O.O.O.O.O.O.O.O.O.[Na+].[Na+].[Na+].[Na+].[Na+].[Na+].[Na+].[Na+].[Na+].[Na+].[Na+].[Na+].[Na+].[Na+].[Na+].[Na+].[Na+].[Na+].[Na+].[Na+].[Na+].[Na+].[Na+].[Na+].[Na+].[OH-].[OH-].[OH-].[OH-].[OH-].[OH-].[OH-].[OH-].[OH-].[OH-].[OH-].[OH-].[OH-].[OH-].[OH-].[OH-].[OH-].[OH-].[OH-].[OH-].[OH-].[OH-].[OH-].[OH-].[OH-]. The van der Waals surface area contributed by atoms with Crippen molar-refractivity contribution in [2.24, 2.45) is 0 Å². The summed E-state index contributed by atoms with van der Waals surface area (Å²) in [4.78, 5) is 0. The van der Waals surface area contributed by atoms with Gasteiger partial charge in [0.05, 0.1) is 0 Å². The van der Waals surface area contributed by atoms with Gasteiger partial charge in [-0.3, -0.25) is 0 Å². The topological polar surface area (TPSA) is 1540 Å². The predicted molar refractivity (Wildman–Crippen MR) is 139 cm³/mol. The summed E-state index contributed by atoms with van der Waals surface area (Å²) in [6.45, 7) is 0. The monoisotopic (exact) mass is 1450 g/mol. The summed E-state index contributed by atoms with van der Waals surface area (Å²) in [5, 5.41) is 0. The van der Waals surface area contributed by atoms with E-state index < -0.39 is 0 Å². The van der Waals surface area contributed by atoms with Gasteiger partial charge in [0, 0.05) is 0 Å². The molecule has 0 saturated heterocycles. The summed E-state index contributed by atoms with van der Waals surface area (Å²) >= 11 is 0. The molecule has 0 fully saturated rings. The molecule has 0 radical (unpaired) electrons. The molecule has 50 nitrogen and oxygen atoms in total. The fourth-order valence-electron chi connectivity index (χ4n) is 0. The molecule has 0 spiro atoms. The van der Waals surface area contributed by atoms with Crippen molar-refractivity contribution >= 4 is 0 Å². The van der Waals surface area contributed by atoms with Gasteiger partial charge in [0.15, 0.2) is 0 Å². The number of rotatable bonds is 0. The molecule has 0 heterocycles. The Bertz CT molecular complexity index is 68.9. The molecule has 0 rings (SSSR count). The molecule has 0 aromatic carbocycles. The minimum Gasteiger partial charge on any atom is -0.870 e. The molecule has 0 aliphatic heterocycles. The Hall–Kier alpha value is 23.0. The van der Waals surface area contributed by atoms with E-state index in [1.807, 2.05) is 0 Å². The normalized spacial score (nSPS) is 0. The first-order valence-electron chi connectivity index (χ1n) is 0. The van der Waals surface area contributed by atoms with E-state index in [2.05, 4.69) is 0 Å². The second kappa shape index (κ2) is 1690.